The standard InChI is InChI=1S/C10H10BrNO3/c1-2-15-10(14)8(11)9(13)7-5-3-4-6-12-7/h3-6,8H,2H2,1H3. The molecule has 0 aromatic carbocycles. The summed E-state index contributed by atoms with van der Waals surface area (Å²) in [5, 5.41) is 0. The number of nitrogens with zero attached hydrogens (tertiary/aromatic N) is 1. The van der Waals surface area contributed by atoms with Gasteiger partial charge in [-0.3, -0.25) is 14.6 Å². The first kappa shape index (κ1) is 11.8. The summed E-state index contributed by atoms with van der Waals surface area (Å²) in [6, 6.07) is 4.94. The molecule has 80 valence electrons. The van der Waals surface area contributed by atoms with Crippen LogP contribution in [0.1, 0.15) is 17.4 Å². The molecular formula is C10H10BrNO3. The summed E-state index contributed by atoms with van der Waals surface area (Å²) in [6.07, 6.45) is 1.50. The zero-order valence-corrected chi connectivity index (χ0v) is 9.73. The van der Waals surface area contributed by atoms with Crippen LogP contribution in [0.5, 0.6) is 0 Å². The van der Waals surface area contributed by atoms with Crippen LogP contribution < -0.4 is 0 Å². The van der Waals surface area contributed by atoms with E-state index in [1.54, 1.807) is 25.1 Å². The Morgan fingerprint density at radius 3 is 2.80 bits per heavy atom. The van der Waals surface area contributed by atoms with Gasteiger partial charge in [-0.05, 0) is 19.1 Å². The fraction of sp³-hybridized carbons (Fsp3) is 0.300. The molecule has 0 aliphatic heterocycles. The molecule has 0 bridgehead atoms. The van der Waals surface area contributed by atoms with Gasteiger partial charge in [0.05, 0.1) is 6.61 Å². The zero-order chi connectivity index (χ0) is 11.3. The normalized spacial score (nSPS) is 11.9. The first-order valence-corrected chi connectivity index (χ1v) is 5.34. The number of hydrogen-bond donors (Lipinski definition) is 0. The Morgan fingerprint density at radius 2 is 2.27 bits per heavy atom. The third kappa shape index (κ3) is 3.13. The summed E-state index contributed by atoms with van der Waals surface area (Å²) in [6.45, 7) is 1.93. The number of alkyl halides is 1. The van der Waals surface area contributed by atoms with E-state index in [0.717, 1.165) is 0 Å². The number of pyridine rings is 1. The van der Waals surface area contributed by atoms with Crippen LogP contribution in [0.25, 0.3) is 0 Å². The summed E-state index contributed by atoms with van der Waals surface area (Å²) in [5.74, 6) is -0.984. The second-order valence-electron chi connectivity index (χ2n) is 2.69. The molecule has 0 radical (unpaired) electrons. The molecule has 0 spiro atoms. The van der Waals surface area contributed by atoms with Crippen LogP contribution in [0.3, 0.4) is 0 Å². The number of halogens is 1. The highest BCUT2D eigenvalue weighted by Crippen LogP contribution is 2.09. The van der Waals surface area contributed by atoms with E-state index >= 15 is 0 Å². The molecule has 1 heterocycles. The predicted molar refractivity (Wildman–Crippen MR) is 57.9 cm³/mol. The average Bonchev–Trinajstić information content (AvgIpc) is 2.28. The van der Waals surface area contributed by atoms with E-state index in [0.29, 0.717) is 0 Å². The number of carbonyl (C=O) groups excluding carboxylic acids is 2. The minimum absolute atomic E-state index is 0.243. The van der Waals surface area contributed by atoms with Crippen molar-refractivity contribution < 1.29 is 14.3 Å². The van der Waals surface area contributed by atoms with Crippen LogP contribution in [0, 0.1) is 0 Å². The summed E-state index contributed by atoms with van der Waals surface area (Å²) in [4.78, 5) is 25.8. The second kappa shape index (κ2) is 5.60. The summed E-state index contributed by atoms with van der Waals surface area (Å²) in [5.41, 5.74) is 0.243. The van der Waals surface area contributed by atoms with Crippen molar-refractivity contribution in [2.24, 2.45) is 0 Å². The largest absolute Gasteiger partial charge is 0.465 e. The molecule has 0 saturated heterocycles. The van der Waals surface area contributed by atoms with Crippen molar-refractivity contribution in [3.8, 4) is 0 Å². The fourth-order valence-electron chi connectivity index (χ4n) is 0.961. The van der Waals surface area contributed by atoms with Crippen LogP contribution in [0.4, 0.5) is 0 Å². The van der Waals surface area contributed by atoms with Gasteiger partial charge in [0.1, 0.15) is 5.69 Å². The highest BCUT2D eigenvalue weighted by Gasteiger charge is 2.26. The first-order chi connectivity index (χ1) is 7.16. The van der Waals surface area contributed by atoms with Crippen LogP contribution in [-0.2, 0) is 9.53 Å². The van der Waals surface area contributed by atoms with Crippen LogP contribution in [0.15, 0.2) is 24.4 Å². The molecule has 0 aliphatic rings. The Morgan fingerprint density at radius 1 is 1.53 bits per heavy atom. The van der Waals surface area contributed by atoms with E-state index in [9.17, 15) is 9.59 Å². The minimum Gasteiger partial charge on any atom is -0.465 e. The lowest BCUT2D eigenvalue weighted by Crippen LogP contribution is -2.27. The number of ether oxygens (including phenoxy) is 1. The number of Topliss-reactive ketones (excluding diaryl/α,β-unsaturated/α-hetero) is 1. The molecule has 1 unspecified atom stereocenters. The van der Waals surface area contributed by atoms with Gasteiger partial charge in [0.15, 0.2) is 4.83 Å². The highest BCUT2D eigenvalue weighted by molar-refractivity contribution is 9.10. The Kier molecular flexibility index (Phi) is 4.42. The van der Waals surface area contributed by atoms with Gasteiger partial charge in [0, 0.05) is 6.20 Å². The van der Waals surface area contributed by atoms with Gasteiger partial charge >= 0.3 is 5.97 Å². The van der Waals surface area contributed by atoms with Crippen LogP contribution >= 0.6 is 15.9 Å². The van der Waals surface area contributed by atoms with Crippen LogP contribution in [-0.4, -0.2) is 28.2 Å². The molecule has 0 fully saturated rings. The molecule has 15 heavy (non-hydrogen) atoms. The summed E-state index contributed by atoms with van der Waals surface area (Å²) in [7, 11) is 0. The first-order valence-electron chi connectivity index (χ1n) is 4.42. The number of carbonyl (C=O) groups is 2. The molecule has 1 atom stereocenters. The number of esters is 1. The highest BCUT2D eigenvalue weighted by atomic mass is 79.9. The van der Waals surface area contributed by atoms with E-state index in [2.05, 4.69) is 20.9 Å². The summed E-state index contributed by atoms with van der Waals surface area (Å²) < 4.78 is 4.71. The molecule has 4 nitrogen and oxygen atoms in total. The number of aromatic nitrogens is 1. The fourth-order valence-corrected chi connectivity index (χ4v) is 1.33. The molecule has 0 amide bonds. The van der Waals surface area contributed by atoms with Crippen LogP contribution in [0.2, 0.25) is 0 Å². The SMILES string of the molecule is CCOC(=O)C(Br)C(=O)c1ccccn1. The quantitative estimate of drug-likeness (QED) is 0.361. The third-order valence-electron chi connectivity index (χ3n) is 1.64. The summed E-state index contributed by atoms with van der Waals surface area (Å²) >= 11 is 2.98. The van der Waals surface area contributed by atoms with Gasteiger partial charge in [0.2, 0.25) is 5.78 Å². The molecule has 0 aliphatic carbocycles. The lowest BCUT2D eigenvalue weighted by molar-refractivity contribution is -0.141. The lowest BCUT2D eigenvalue weighted by Gasteiger charge is -2.06. The Hall–Kier alpha value is -1.23. The zero-order valence-electron chi connectivity index (χ0n) is 8.14. The maximum absolute atomic E-state index is 11.7. The number of ketones is 1. The Bertz CT molecular complexity index is 353. The van der Waals surface area contributed by atoms with Crippen molar-refractivity contribution >= 4 is 27.7 Å². The maximum Gasteiger partial charge on any atom is 0.327 e. The smallest absolute Gasteiger partial charge is 0.327 e. The van der Waals surface area contributed by atoms with Gasteiger partial charge in [-0.15, -0.1) is 0 Å². The molecule has 0 N–H and O–H groups in total. The van der Waals surface area contributed by atoms with Crippen molar-refractivity contribution in [1.29, 1.82) is 0 Å². The van der Waals surface area contributed by atoms with Crippen molar-refractivity contribution in [2.75, 3.05) is 6.61 Å². The van der Waals surface area contributed by atoms with E-state index in [4.69, 9.17) is 4.74 Å². The Labute approximate surface area is 95.8 Å². The third-order valence-corrected chi connectivity index (χ3v) is 2.43. The van der Waals surface area contributed by atoms with Gasteiger partial charge in [-0.2, -0.15) is 0 Å². The van der Waals surface area contributed by atoms with Crippen molar-refractivity contribution in [1.82, 2.24) is 4.98 Å². The van der Waals surface area contributed by atoms with Crippen molar-refractivity contribution in [3.63, 3.8) is 0 Å². The minimum atomic E-state index is -0.979. The average molecular weight is 272 g/mol. The van der Waals surface area contributed by atoms with Gasteiger partial charge in [0.25, 0.3) is 0 Å². The van der Waals surface area contributed by atoms with E-state index in [1.807, 2.05) is 0 Å². The van der Waals surface area contributed by atoms with Gasteiger partial charge in [-0.1, -0.05) is 22.0 Å². The Balaban J connectivity index is 2.73. The molecule has 0 saturated carbocycles. The number of rotatable bonds is 4. The topological polar surface area (TPSA) is 56.3 Å². The molecular weight excluding hydrogens is 262 g/mol. The van der Waals surface area contributed by atoms with Crippen molar-refractivity contribution in [2.45, 2.75) is 11.8 Å². The number of hydrogen-bond acceptors (Lipinski definition) is 4. The maximum atomic E-state index is 11.7. The molecule has 1 aromatic rings. The molecule has 5 heteroatoms. The monoisotopic (exact) mass is 271 g/mol. The van der Waals surface area contributed by atoms with E-state index < -0.39 is 16.6 Å². The predicted octanol–water partition coefficient (Wildman–Crippen LogP) is 1.59. The molecule has 1 rings (SSSR count). The molecule has 1 aromatic heterocycles. The second-order valence-corrected chi connectivity index (χ2v) is 3.61. The van der Waals surface area contributed by atoms with E-state index in [-0.39, 0.29) is 12.3 Å². The van der Waals surface area contributed by atoms with Gasteiger partial charge in [-0.25, -0.2) is 0 Å². The van der Waals surface area contributed by atoms with Gasteiger partial charge < -0.3 is 4.74 Å². The van der Waals surface area contributed by atoms with Crippen molar-refractivity contribution in [3.05, 3.63) is 30.1 Å². The van der Waals surface area contributed by atoms with E-state index in [1.165, 1.54) is 6.20 Å². The lowest BCUT2D eigenvalue weighted by atomic mass is 10.2.